The maximum atomic E-state index is 4.99. The summed E-state index contributed by atoms with van der Waals surface area (Å²) in [5.41, 5.74) is 0.832. The van der Waals surface area contributed by atoms with E-state index in [1.807, 2.05) is 20.8 Å². The minimum Gasteiger partial charge on any atom is -0.630 e. The van der Waals surface area contributed by atoms with Gasteiger partial charge < -0.3 is 9.40 Å². The summed E-state index contributed by atoms with van der Waals surface area (Å²) in [5, 5.41) is 0. The van der Waals surface area contributed by atoms with E-state index in [9.17, 15) is 0 Å². The predicted molar refractivity (Wildman–Crippen MR) is 34.2 cm³/mol. The predicted octanol–water partition coefficient (Wildman–Crippen LogP) is -1.09. The van der Waals surface area contributed by atoms with Crippen LogP contribution in [0.4, 0.5) is 0 Å². The number of aromatic nitrogens is 1. The van der Waals surface area contributed by atoms with E-state index in [4.69, 9.17) is 4.42 Å². The molecule has 1 aromatic rings. The number of rotatable bonds is 1. The van der Waals surface area contributed by atoms with Crippen LogP contribution in [0.25, 0.3) is 0 Å². The van der Waals surface area contributed by atoms with Gasteiger partial charge >= 0.3 is 58.2 Å². The van der Waals surface area contributed by atoms with Crippen LogP contribution in [0.15, 0.2) is 4.42 Å². The molecule has 0 spiro atoms. The van der Waals surface area contributed by atoms with Crippen molar-refractivity contribution in [2.24, 2.45) is 0 Å². The van der Waals surface area contributed by atoms with Gasteiger partial charge in [-0.2, -0.15) is 0 Å². The van der Waals surface area contributed by atoms with Gasteiger partial charge in [0.05, 0.1) is 0 Å². The van der Waals surface area contributed by atoms with E-state index in [1.54, 1.807) is 0 Å². The minimum atomic E-state index is 0. The van der Waals surface area contributed by atoms with Crippen LogP contribution >= 0.6 is 0 Å². The molecule has 50 valence electrons. The van der Waals surface area contributed by atoms with Crippen molar-refractivity contribution < 1.29 is 62.6 Å². The molecule has 0 aliphatic heterocycles. The second kappa shape index (κ2) is 4.81. The average Bonchev–Trinajstić information content (AvgIpc) is 2.14. The molecule has 0 saturated carbocycles. The van der Waals surface area contributed by atoms with Crippen LogP contribution in [0.3, 0.4) is 0 Å². The zero-order chi connectivity index (χ0) is 6.85. The van der Waals surface area contributed by atoms with Gasteiger partial charge in [0.15, 0.2) is 0 Å². The van der Waals surface area contributed by atoms with E-state index >= 15 is 0 Å². The summed E-state index contributed by atoms with van der Waals surface area (Å²) in [6.07, 6.45) is 2.66. The average molecular weight is 210 g/mol. The fourth-order valence-corrected chi connectivity index (χ4v) is 0.584. The van der Waals surface area contributed by atoms with Crippen molar-refractivity contribution >= 4 is 0 Å². The number of aryl methyl sites for hydroxylation is 1. The maximum absolute atomic E-state index is 4.99. The Balaban J connectivity index is 0.000000810. The quantitative estimate of drug-likeness (QED) is 0.550. The fraction of sp³-hybridized carbons (Fsp3) is 0.571. The summed E-state index contributed by atoms with van der Waals surface area (Å²) >= 11 is 0. The third-order valence-corrected chi connectivity index (χ3v) is 1.08. The van der Waals surface area contributed by atoms with Crippen LogP contribution in [0.2, 0.25) is 0 Å². The molecule has 0 aliphatic rings. The first-order chi connectivity index (χ1) is 4.20. The van der Waals surface area contributed by atoms with E-state index in [0.29, 0.717) is 5.92 Å². The number of hydrogen-bond donors (Lipinski definition) is 0. The molecule has 0 atom stereocenters. The van der Waals surface area contributed by atoms with Crippen molar-refractivity contribution in [2.75, 3.05) is 0 Å². The molecule has 0 fully saturated rings. The van der Waals surface area contributed by atoms with Crippen molar-refractivity contribution in [2.45, 2.75) is 26.7 Å². The normalized spacial score (nSPS) is 9.60. The molecule has 2 nitrogen and oxygen atoms in total. The Morgan fingerprint density at radius 2 is 2.10 bits per heavy atom. The van der Waals surface area contributed by atoms with Crippen molar-refractivity contribution in [3.05, 3.63) is 17.8 Å². The Hall–Kier alpha value is 1.02. The third-order valence-electron chi connectivity index (χ3n) is 1.08. The van der Waals surface area contributed by atoms with Gasteiger partial charge in [-0.15, -0.1) is 0 Å². The van der Waals surface area contributed by atoms with Crippen LogP contribution in [0.5, 0.6) is 0 Å². The zero-order valence-electron chi connectivity index (χ0n) is 6.93. The largest absolute Gasteiger partial charge is 1.00 e. The van der Waals surface area contributed by atoms with Crippen molar-refractivity contribution in [3.8, 4) is 0 Å². The summed E-state index contributed by atoms with van der Waals surface area (Å²) in [7, 11) is 0. The van der Waals surface area contributed by atoms with Crippen molar-refractivity contribution in [1.29, 1.82) is 0 Å². The van der Waals surface area contributed by atoms with Crippen LogP contribution in [0, 0.1) is 13.2 Å². The first-order valence-electron chi connectivity index (χ1n) is 3.05. The minimum absolute atomic E-state index is 0. The van der Waals surface area contributed by atoms with E-state index < -0.39 is 0 Å². The van der Waals surface area contributed by atoms with Gasteiger partial charge in [0, 0.05) is 5.89 Å². The second-order valence-electron chi connectivity index (χ2n) is 2.39. The Kier molecular flexibility index (Phi) is 5.29. The fourth-order valence-electron chi connectivity index (χ4n) is 0.584. The summed E-state index contributed by atoms with van der Waals surface area (Å²) in [6.45, 7) is 5.95. The molecule has 0 aliphatic carbocycles. The molecule has 0 unspecified atom stereocenters. The van der Waals surface area contributed by atoms with Gasteiger partial charge in [0.1, 0.15) is 0 Å². The molecule has 1 heterocycles. The first-order valence-corrected chi connectivity index (χ1v) is 3.05. The first kappa shape index (κ1) is 11.0. The molecule has 1 rings (SSSR count). The molecule has 0 N–H and O–H groups in total. The molecule has 1 aromatic heterocycles. The van der Waals surface area contributed by atoms with Crippen LogP contribution in [-0.4, -0.2) is 4.98 Å². The summed E-state index contributed by atoms with van der Waals surface area (Å²) in [5.74, 6) is 1.14. The third kappa shape index (κ3) is 2.95. The monoisotopic (exact) mass is 209 g/mol. The Morgan fingerprint density at radius 3 is 2.30 bits per heavy atom. The zero-order valence-corrected chi connectivity index (χ0v) is 11.8. The van der Waals surface area contributed by atoms with Crippen molar-refractivity contribution in [1.82, 2.24) is 4.98 Å². The van der Waals surface area contributed by atoms with Gasteiger partial charge in [-0.25, -0.2) is 0 Å². The SMILES string of the molecule is Cc1[c-]oc(C(C)C)n1.[Rb+]. The molecule has 0 radical (unpaired) electrons. The Morgan fingerprint density at radius 1 is 1.50 bits per heavy atom. The standard InChI is InChI=1S/C7H10NO.Rb/c1-5(2)7-8-6(3)4-9-7;/h5H,1-3H3;/q-1;+1. The molecule has 0 amide bonds. The molecule has 0 aromatic carbocycles. The number of nitrogens with zero attached hydrogens (tertiary/aromatic N) is 1. The smallest absolute Gasteiger partial charge is 0.630 e. The Labute approximate surface area is 110 Å². The number of oxazole rings is 1. The van der Waals surface area contributed by atoms with Gasteiger partial charge in [-0.05, 0) is 18.5 Å². The van der Waals surface area contributed by atoms with Crippen LogP contribution in [-0.2, 0) is 0 Å². The summed E-state index contributed by atoms with van der Waals surface area (Å²) in [6, 6.07) is 0. The molecular formula is C7H10NORb. The Bertz CT molecular complexity index is 195. The van der Waals surface area contributed by atoms with Crippen LogP contribution in [0.1, 0.15) is 31.4 Å². The van der Waals surface area contributed by atoms with Crippen molar-refractivity contribution in [3.63, 3.8) is 0 Å². The van der Waals surface area contributed by atoms with Crippen LogP contribution < -0.4 is 58.2 Å². The maximum Gasteiger partial charge on any atom is 1.00 e. The topological polar surface area (TPSA) is 26.0 Å². The van der Waals surface area contributed by atoms with Gasteiger partial charge in [-0.1, -0.05) is 20.1 Å². The van der Waals surface area contributed by atoms with E-state index in [0.717, 1.165) is 11.6 Å². The number of hydrogen-bond acceptors (Lipinski definition) is 2. The van der Waals surface area contributed by atoms with E-state index in [2.05, 4.69) is 11.2 Å². The van der Waals surface area contributed by atoms with Gasteiger partial charge in [0.2, 0.25) is 0 Å². The summed E-state index contributed by atoms with van der Waals surface area (Å²) in [4.78, 5) is 4.09. The molecule has 3 heteroatoms. The molecule has 0 bridgehead atoms. The van der Waals surface area contributed by atoms with Gasteiger partial charge in [0.25, 0.3) is 0 Å². The van der Waals surface area contributed by atoms with E-state index in [1.165, 1.54) is 0 Å². The molecular weight excluding hydrogens is 200 g/mol. The van der Waals surface area contributed by atoms with E-state index in [-0.39, 0.29) is 58.2 Å². The summed E-state index contributed by atoms with van der Waals surface area (Å²) < 4.78 is 4.99. The molecule has 10 heavy (non-hydrogen) atoms. The molecule has 0 saturated heterocycles. The van der Waals surface area contributed by atoms with Gasteiger partial charge in [-0.3, -0.25) is 0 Å². The second-order valence-corrected chi connectivity index (χ2v) is 2.39.